The predicted molar refractivity (Wildman–Crippen MR) is 128 cm³/mol. The van der Waals surface area contributed by atoms with Crippen LogP contribution in [0.5, 0.6) is 0 Å². The van der Waals surface area contributed by atoms with Crippen molar-refractivity contribution in [2.24, 2.45) is 0 Å². The lowest BCUT2D eigenvalue weighted by Crippen LogP contribution is -2.45. The third kappa shape index (κ3) is 6.36. The summed E-state index contributed by atoms with van der Waals surface area (Å²) in [5.41, 5.74) is 0.635. The zero-order valence-electron chi connectivity index (χ0n) is 19.2. The minimum Gasteiger partial charge on any atom is -0.445 e. The minimum atomic E-state index is -1.42. The van der Waals surface area contributed by atoms with Gasteiger partial charge in [-0.25, -0.2) is 14.0 Å². The van der Waals surface area contributed by atoms with E-state index >= 15 is 0 Å². The van der Waals surface area contributed by atoms with Crippen LogP contribution in [0.4, 0.5) is 19.7 Å². The second-order valence-corrected chi connectivity index (χ2v) is 8.44. The largest absolute Gasteiger partial charge is 0.445 e. The van der Waals surface area contributed by atoms with E-state index in [-0.39, 0.29) is 50.4 Å². The molecule has 0 aliphatic carbocycles. The Balaban J connectivity index is 1.29. The van der Waals surface area contributed by atoms with E-state index in [9.17, 15) is 19.1 Å². The molecule has 2 amide bonds. The van der Waals surface area contributed by atoms with E-state index in [1.165, 1.54) is 17.0 Å². The van der Waals surface area contributed by atoms with Crippen molar-refractivity contribution < 1.29 is 28.6 Å². The van der Waals surface area contributed by atoms with Gasteiger partial charge in [0.2, 0.25) is 0 Å². The molecule has 0 saturated carbocycles. The molecule has 1 saturated heterocycles. The molecule has 1 aliphatic heterocycles. The van der Waals surface area contributed by atoms with E-state index in [1.807, 2.05) is 60.7 Å². The lowest BCUT2D eigenvalue weighted by atomic mass is 9.84. The summed E-state index contributed by atoms with van der Waals surface area (Å²) in [7, 11) is 0. The highest BCUT2D eigenvalue weighted by Gasteiger charge is 2.37. The van der Waals surface area contributed by atoms with Crippen molar-refractivity contribution in [1.29, 1.82) is 0 Å². The standard InChI is InChI=1S/C27H27FN2O5/c28-24-17-22(29-25(31)34-18-20-7-3-1-4-8-20)11-12-23(24)27(33)13-15-30(16-14-27)26(32)35-19-21-9-5-2-6-10-21/h1-12,17,33H,13-16,18-19H2,(H,29,31). The van der Waals surface area contributed by atoms with Gasteiger partial charge in [-0.2, -0.15) is 0 Å². The van der Waals surface area contributed by atoms with Crippen LogP contribution in [0.2, 0.25) is 0 Å². The number of likely N-dealkylation sites (tertiary alicyclic amines) is 1. The van der Waals surface area contributed by atoms with Crippen LogP contribution in [-0.4, -0.2) is 35.3 Å². The number of benzene rings is 3. The molecular weight excluding hydrogens is 451 g/mol. The molecule has 2 N–H and O–H groups in total. The van der Waals surface area contributed by atoms with Gasteiger partial charge < -0.3 is 19.5 Å². The van der Waals surface area contributed by atoms with Gasteiger partial charge >= 0.3 is 12.2 Å². The van der Waals surface area contributed by atoms with Crippen LogP contribution in [0.15, 0.2) is 78.9 Å². The summed E-state index contributed by atoms with van der Waals surface area (Å²) in [6.07, 6.45) is -0.848. The highest BCUT2D eigenvalue weighted by Crippen LogP contribution is 2.35. The topological polar surface area (TPSA) is 88.1 Å². The fourth-order valence-electron chi connectivity index (χ4n) is 3.99. The van der Waals surface area contributed by atoms with Gasteiger partial charge in [0, 0.05) is 24.3 Å². The van der Waals surface area contributed by atoms with Gasteiger partial charge in [-0.3, -0.25) is 5.32 Å². The van der Waals surface area contributed by atoms with Gasteiger partial charge in [-0.05, 0) is 36.1 Å². The van der Waals surface area contributed by atoms with E-state index in [0.717, 1.165) is 17.2 Å². The van der Waals surface area contributed by atoms with Crippen LogP contribution < -0.4 is 5.32 Å². The van der Waals surface area contributed by atoms with E-state index < -0.39 is 23.6 Å². The van der Waals surface area contributed by atoms with Crippen LogP contribution in [-0.2, 0) is 28.3 Å². The Morgan fingerprint density at radius 1 is 0.886 bits per heavy atom. The normalized spacial score (nSPS) is 14.7. The van der Waals surface area contributed by atoms with Gasteiger partial charge in [0.25, 0.3) is 0 Å². The number of rotatable bonds is 6. The molecule has 7 nitrogen and oxygen atoms in total. The van der Waals surface area contributed by atoms with E-state index in [0.29, 0.717) is 0 Å². The molecule has 3 aromatic carbocycles. The Bertz CT molecular complexity index is 1150. The van der Waals surface area contributed by atoms with Crippen molar-refractivity contribution in [1.82, 2.24) is 4.90 Å². The Kier molecular flexibility index (Phi) is 7.62. The maximum Gasteiger partial charge on any atom is 0.411 e. The predicted octanol–water partition coefficient (Wildman–Crippen LogP) is 5.19. The number of carbonyl (C=O) groups excluding carboxylic acids is 2. The number of hydrogen-bond donors (Lipinski definition) is 2. The zero-order chi connectivity index (χ0) is 24.7. The molecule has 1 heterocycles. The molecule has 1 aliphatic rings. The lowest BCUT2D eigenvalue weighted by molar-refractivity contribution is -0.0278. The van der Waals surface area contributed by atoms with Crippen LogP contribution in [0.3, 0.4) is 0 Å². The first kappa shape index (κ1) is 24.2. The third-order valence-corrected chi connectivity index (χ3v) is 5.98. The summed E-state index contributed by atoms with van der Waals surface area (Å²) in [6.45, 7) is 0.722. The number of nitrogens with zero attached hydrogens (tertiary/aromatic N) is 1. The molecule has 35 heavy (non-hydrogen) atoms. The first-order chi connectivity index (χ1) is 16.9. The first-order valence-corrected chi connectivity index (χ1v) is 11.4. The van der Waals surface area contributed by atoms with E-state index in [2.05, 4.69) is 5.32 Å². The molecular formula is C27H27FN2O5. The SMILES string of the molecule is O=C(Nc1ccc(C2(O)CCN(C(=O)OCc3ccccc3)CC2)c(F)c1)OCc1ccccc1. The average Bonchev–Trinajstić information content (AvgIpc) is 2.88. The highest BCUT2D eigenvalue weighted by atomic mass is 19.1. The monoisotopic (exact) mass is 478 g/mol. The quantitative estimate of drug-likeness (QED) is 0.509. The van der Waals surface area contributed by atoms with Crippen molar-refractivity contribution in [3.63, 3.8) is 0 Å². The van der Waals surface area contributed by atoms with Crippen molar-refractivity contribution in [2.75, 3.05) is 18.4 Å². The number of hydrogen-bond acceptors (Lipinski definition) is 5. The van der Waals surface area contributed by atoms with Gasteiger partial charge in [0.05, 0.1) is 5.60 Å². The van der Waals surface area contributed by atoms with Gasteiger partial charge in [0.1, 0.15) is 19.0 Å². The van der Waals surface area contributed by atoms with Gasteiger partial charge in [-0.15, -0.1) is 0 Å². The Hall–Kier alpha value is -3.91. The summed E-state index contributed by atoms with van der Waals surface area (Å²) >= 11 is 0. The molecule has 3 aromatic rings. The number of nitrogens with one attached hydrogen (secondary N) is 1. The van der Waals surface area contributed by atoms with Crippen LogP contribution in [0.25, 0.3) is 0 Å². The van der Waals surface area contributed by atoms with Crippen molar-refractivity contribution in [3.8, 4) is 0 Å². The molecule has 0 unspecified atom stereocenters. The molecule has 8 heteroatoms. The molecule has 0 bridgehead atoms. The fourth-order valence-corrected chi connectivity index (χ4v) is 3.99. The number of ether oxygens (including phenoxy) is 2. The van der Waals surface area contributed by atoms with Crippen molar-refractivity contribution in [2.45, 2.75) is 31.7 Å². The molecule has 0 aromatic heterocycles. The second-order valence-electron chi connectivity index (χ2n) is 8.44. The number of anilines is 1. The Morgan fingerprint density at radius 3 is 2.03 bits per heavy atom. The summed E-state index contributed by atoms with van der Waals surface area (Å²) in [5.74, 6) is -0.645. The zero-order valence-corrected chi connectivity index (χ0v) is 19.2. The van der Waals surface area contributed by atoms with Crippen LogP contribution in [0, 0.1) is 5.82 Å². The average molecular weight is 479 g/mol. The molecule has 4 rings (SSSR count). The molecule has 1 fully saturated rings. The molecule has 0 atom stereocenters. The molecule has 0 spiro atoms. The third-order valence-electron chi connectivity index (χ3n) is 5.98. The van der Waals surface area contributed by atoms with Crippen LogP contribution >= 0.6 is 0 Å². The van der Waals surface area contributed by atoms with Gasteiger partial charge in [0.15, 0.2) is 0 Å². The summed E-state index contributed by atoms with van der Waals surface area (Å²) < 4.78 is 25.4. The number of carbonyl (C=O) groups is 2. The number of halogens is 1. The lowest BCUT2D eigenvalue weighted by Gasteiger charge is -2.38. The second kappa shape index (κ2) is 11.0. The number of amides is 2. The first-order valence-electron chi connectivity index (χ1n) is 11.4. The molecule has 182 valence electrons. The summed E-state index contributed by atoms with van der Waals surface area (Å²) in [6, 6.07) is 22.7. The summed E-state index contributed by atoms with van der Waals surface area (Å²) in [4.78, 5) is 25.9. The maximum atomic E-state index is 14.9. The Labute approximate surface area is 203 Å². The minimum absolute atomic E-state index is 0.0945. The number of aliphatic hydroxyl groups is 1. The fraction of sp³-hybridized carbons (Fsp3) is 0.259. The Morgan fingerprint density at radius 2 is 1.46 bits per heavy atom. The van der Waals surface area contributed by atoms with E-state index in [1.54, 1.807) is 0 Å². The number of piperidine rings is 1. The van der Waals surface area contributed by atoms with Crippen molar-refractivity contribution in [3.05, 3.63) is 101 Å². The summed E-state index contributed by atoms with van der Waals surface area (Å²) in [5, 5.41) is 13.6. The van der Waals surface area contributed by atoms with Crippen molar-refractivity contribution >= 4 is 17.9 Å². The van der Waals surface area contributed by atoms with Crippen LogP contribution in [0.1, 0.15) is 29.5 Å². The van der Waals surface area contributed by atoms with E-state index in [4.69, 9.17) is 9.47 Å². The molecule has 0 radical (unpaired) electrons. The highest BCUT2D eigenvalue weighted by molar-refractivity contribution is 5.84. The van der Waals surface area contributed by atoms with Gasteiger partial charge in [-0.1, -0.05) is 66.7 Å². The maximum absolute atomic E-state index is 14.9. The smallest absolute Gasteiger partial charge is 0.411 e.